The molecule has 6 nitrogen and oxygen atoms in total. The van der Waals surface area contributed by atoms with Gasteiger partial charge in [-0.15, -0.1) is 0 Å². The minimum Gasteiger partial charge on any atom is -0.376 e. The Morgan fingerprint density at radius 3 is 2.71 bits per heavy atom. The maximum atomic E-state index is 13.1. The van der Waals surface area contributed by atoms with Crippen molar-refractivity contribution >= 4 is 34.2 Å². The molecule has 1 fully saturated rings. The molecule has 3 aromatic rings. The summed E-state index contributed by atoms with van der Waals surface area (Å²) in [5.41, 5.74) is 4.02. The Morgan fingerprint density at radius 1 is 1.23 bits per heavy atom. The summed E-state index contributed by atoms with van der Waals surface area (Å²) in [6, 6.07) is 12.6. The molecule has 0 spiro atoms. The number of nitrogens with one attached hydrogen (secondary N) is 2. The molecule has 7 heteroatoms. The van der Waals surface area contributed by atoms with Gasteiger partial charge in [-0.2, -0.15) is 0 Å². The maximum absolute atomic E-state index is 13.1. The number of nitrogens with zero attached hydrogens (tertiary/aromatic N) is 1. The van der Waals surface area contributed by atoms with E-state index in [2.05, 4.69) is 10.3 Å². The zero-order valence-electron chi connectivity index (χ0n) is 17.7. The van der Waals surface area contributed by atoms with E-state index < -0.39 is 0 Å². The van der Waals surface area contributed by atoms with Gasteiger partial charge in [0.15, 0.2) is 0 Å². The van der Waals surface area contributed by atoms with Crippen molar-refractivity contribution in [3.63, 3.8) is 0 Å². The molecule has 1 aliphatic heterocycles. The van der Waals surface area contributed by atoms with Crippen molar-refractivity contribution in [3.05, 3.63) is 74.5 Å². The lowest BCUT2D eigenvalue weighted by Crippen LogP contribution is -2.40. The predicted molar refractivity (Wildman–Crippen MR) is 124 cm³/mol. The van der Waals surface area contributed by atoms with Crippen LogP contribution >= 0.6 is 11.6 Å². The molecular formula is C24H26ClN3O3. The first-order valence-corrected chi connectivity index (χ1v) is 10.8. The molecular weight excluding hydrogens is 414 g/mol. The number of H-pyrrole nitrogens is 1. The number of amides is 2. The number of hydrogen-bond acceptors (Lipinski definition) is 3. The van der Waals surface area contributed by atoms with E-state index in [9.17, 15) is 9.59 Å². The highest BCUT2D eigenvalue weighted by Gasteiger charge is 2.24. The predicted octanol–water partition coefficient (Wildman–Crippen LogP) is 5.01. The van der Waals surface area contributed by atoms with Crippen LogP contribution in [0.3, 0.4) is 0 Å². The molecule has 4 rings (SSSR count). The van der Waals surface area contributed by atoms with Gasteiger partial charge in [0.25, 0.3) is 5.56 Å². The van der Waals surface area contributed by atoms with Gasteiger partial charge in [0.1, 0.15) is 0 Å². The normalized spacial score (nSPS) is 15.9. The van der Waals surface area contributed by atoms with Crippen LogP contribution in [-0.2, 0) is 11.3 Å². The number of ether oxygens (including phenoxy) is 1. The number of halogens is 1. The Hall–Kier alpha value is -2.83. The zero-order valence-corrected chi connectivity index (χ0v) is 18.5. The Balaban J connectivity index is 1.61. The van der Waals surface area contributed by atoms with Crippen LogP contribution in [-0.4, -0.2) is 35.2 Å². The highest BCUT2D eigenvalue weighted by atomic mass is 35.5. The van der Waals surface area contributed by atoms with E-state index in [4.69, 9.17) is 16.3 Å². The number of aromatic amines is 1. The number of urea groups is 1. The molecule has 1 atom stereocenters. The van der Waals surface area contributed by atoms with Crippen molar-refractivity contribution in [2.24, 2.45) is 0 Å². The van der Waals surface area contributed by atoms with Gasteiger partial charge in [0.2, 0.25) is 0 Å². The van der Waals surface area contributed by atoms with E-state index in [1.807, 2.05) is 32.0 Å². The molecule has 2 amide bonds. The third-order valence-corrected chi connectivity index (χ3v) is 6.07. The zero-order chi connectivity index (χ0) is 22.0. The largest absolute Gasteiger partial charge is 0.376 e. The van der Waals surface area contributed by atoms with Crippen LogP contribution in [0.2, 0.25) is 5.02 Å². The van der Waals surface area contributed by atoms with E-state index in [-0.39, 0.29) is 24.2 Å². The molecule has 0 saturated carbocycles. The number of anilines is 1. The van der Waals surface area contributed by atoms with E-state index >= 15 is 0 Å². The standard InChI is InChI=1S/C24H26ClN3O3/c1-15-5-6-17-12-18(23(29)27-22(17)16(15)2)13-28(14-21-4-3-11-31-21)24(30)26-20-9-7-19(25)8-10-20/h5-10,12,21H,3-4,11,13-14H2,1-2H3,(H,26,30)(H,27,29). The molecule has 162 valence electrons. The average molecular weight is 440 g/mol. The monoisotopic (exact) mass is 439 g/mol. The third-order valence-electron chi connectivity index (χ3n) is 5.82. The Morgan fingerprint density at radius 2 is 2.00 bits per heavy atom. The summed E-state index contributed by atoms with van der Waals surface area (Å²) in [5.74, 6) is 0. The third kappa shape index (κ3) is 4.92. The second-order valence-electron chi connectivity index (χ2n) is 8.05. The first-order valence-electron chi connectivity index (χ1n) is 10.5. The molecule has 1 aliphatic rings. The fourth-order valence-electron chi connectivity index (χ4n) is 3.88. The molecule has 0 aliphatic carbocycles. The molecule has 0 radical (unpaired) electrons. The highest BCUT2D eigenvalue weighted by molar-refractivity contribution is 6.30. The Kier molecular flexibility index (Phi) is 6.30. The molecule has 1 aromatic heterocycles. The van der Waals surface area contributed by atoms with Crippen molar-refractivity contribution < 1.29 is 9.53 Å². The number of aromatic nitrogens is 1. The van der Waals surface area contributed by atoms with Gasteiger partial charge in [-0.25, -0.2) is 4.79 Å². The van der Waals surface area contributed by atoms with Gasteiger partial charge in [-0.1, -0.05) is 23.7 Å². The van der Waals surface area contributed by atoms with E-state index in [0.717, 1.165) is 34.9 Å². The second-order valence-corrected chi connectivity index (χ2v) is 8.48. The van der Waals surface area contributed by atoms with Crippen LogP contribution in [0.4, 0.5) is 10.5 Å². The van der Waals surface area contributed by atoms with Crippen molar-refractivity contribution in [2.75, 3.05) is 18.5 Å². The fourth-order valence-corrected chi connectivity index (χ4v) is 4.01. The smallest absolute Gasteiger partial charge is 0.322 e. The molecule has 2 aromatic carbocycles. The number of aryl methyl sites for hydroxylation is 2. The summed E-state index contributed by atoms with van der Waals surface area (Å²) in [4.78, 5) is 30.5. The van der Waals surface area contributed by atoms with Crippen molar-refractivity contribution in [1.29, 1.82) is 0 Å². The Bertz CT molecular complexity index is 1150. The number of carbonyl (C=O) groups excluding carboxylic acids is 1. The van der Waals surface area contributed by atoms with Crippen LogP contribution in [0.15, 0.2) is 47.3 Å². The van der Waals surface area contributed by atoms with Gasteiger partial charge < -0.3 is 19.9 Å². The van der Waals surface area contributed by atoms with Crippen molar-refractivity contribution in [2.45, 2.75) is 39.3 Å². The molecule has 2 N–H and O–H groups in total. The summed E-state index contributed by atoms with van der Waals surface area (Å²) >= 11 is 5.94. The molecule has 31 heavy (non-hydrogen) atoms. The molecule has 0 bridgehead atoms. The first kappa shape index (κ1) is 21.4. The van der Waals surface area contributed by atoms with Crippen LogP contribution in [0.25, 0.3) is 10.9 Å². The summed E-state index contributed by atoms with van der Waals surface area (Å²) in [6.45, 7) is 5.33. The highest BCUT2D eigenvalue weighted by Crippen LogP contribution is 2.21. The second kappa shape index (κ2) is 9.12. The van der Waals surface area contributed by atoms with E-state index in [1.54, 1.807) is 29.2 Å². The van der Waals surface area contributed by atoms with Crippen LogP contribution in [0.5, 0.6) is 0 Å². The van der Waals surface area contributed by atoms with Crippen molar-refractivity contribution in [1.82, 2.24) is 9.88 Å². The number of fused-ring (bicyclic) bond motifs is 1. The summed E-state index contributed by atoms with van der Waals surface area (Å²) in [5, 5.41) is 4.45. The molecule has 2 heterocycles. The summed E-state index contributed by atoms with van der Waals surface area (Å²) < 4.78 is 5.74. The van der Waals surface area contributed by atoms with Crippen LogP contribution < -0.4 is 10.9 Å². The minimum atomic E-state index is -0.280. The topological polar surface area (TPSA) is 74.4 Å². The number of benzene rings is 2. The first-order chi connectivity index (χ1) is 14.9. The summed E-state index contributed by atoms with van der Waals surface area (Å²) in [7, 11) is 0. The number of hydrogen-bond donors (Lipinski definition) is 2. The van der Waals surface area contributed by atoms with Gasteiger partial charge in [0.05, 0.1) is 18.2 Å². The van der Waals surface area contributed by atoms with Crippen LogP contribution in [0.1, 0.15) is 29.5 Å². The van der Waals surface area contributed by atoms with Gasteiger partial charge in [-0.3, -0.25) is 4.79 Å². The fraction of sp³-hybridized carbons (Fsp3) is 0.333. The van der Waals surface area contributed by atoms with E-state index in [0.29, 0.717) is 29.4 Å². The quantitative estimate of drug-likeness (QED) is 0.586. The lowest BCUT2D eigenvalue weighted by Gasteiger charge is -2.26. The Labute approximate surface area is 186 Å². The lowest BCUT2D eigenvalue weighted by atomic mass is 10.0. The van der Waals surface area contributed by atoms with Gasteiger partial charge in [0, 0.05) is 29.4 Å². The minimum absolute atomic E-state index is 0.0274. The lowest BCUT2D eigenvalue weighted by molar-refractivity contribution is 0.0818. The summed E-state index contributed by atoms with van der Waals surface area (Å²) in [6.07, 6.45) is 1.85. The van der Waals surface area contributed by atoms with Crippen molar-refractivity contribution in [3.8, 4) is 0 Å². The maximum Gasteiger partial charge on any atom is 0.322 e. The SMILES string of the molecule is Cc1ccc2cc(CN(CC3CCCO3)C(=O)Nc3ccc(Cl)cc3)c(=O)[nH]c2c1C. The molecule has 1 saturated heterocycles. The van der Waals surface area contributed by atoms with Crippen LogP contribution in [0, 0.1) is 13.8 Å². The number of pyridine rings is 1. The van der Waals surface area contributed by atoms with Gasteiger partial charge in [-0.05, 0) is 73.5 Å². The van der Waals surface area contributed by atoms with E-state index in [1.165, 1.54) is 0 Å². The molecule has 1 unspecified atom stereocenters. The average Bonchev–Trinajstić information content (AvgIpc) is 3.26. The number of rotatable bonds is 5. The van der Waals surface area contributed by atoms with Gasteiger partial charge >= 0.3 is 6.03 Å². The number of carbonyl (C=O) groups is 1.